The van der Waals surface area contributed by atoms with Gasteiger partial charge in [-0.1, -0.05) is 291 Å². The number of rotatable bonds is 69. The van der Waals surface area contributed by atoms with Gasteiger partial charge in [0, 0.05) is 25.7 Å². The predicted molar refractivity (Wildman–Crippen MR) is 367 cm³/mol. The summed E-state index contributed by atoms with van der Waals surface area (Å²) in [7, 11) is -9.91. The maximum absolute atomic E-state index is 13.0. The number of aliphatic hydroxyl groups is 1. The Morgan fingerprint density at radius 2 is 0.648 bits per heavy atom. The number of esters is 4. The van der Waals surface area contributed by atoms with Gasteiger partial charge in [-0.15, -0.1) is 0 Å². The minimum atomic E-state index is -4.96. The second-order valence-electron chi connectivity index (χ2n) is 26.0. The highest BCUT2D eigenvalue weighted by molar-refractivity contribution is 7.47. The van der Waals surface area contributed by atoms with Crippen LogP contribution in [-0.4, -0.2) is 96.7 Å². The van der Waals surface area contributed by atoms with Crippen molar-refractivity contribution < 1.29 is 80.2 Å². The number of unbranched alkanes of at least 4 members (excludes halogenated alkanes) is 35. The van der Waals surface area contributed by atoms with Crippen molar-refractivity contribution in [2.45, 2.75) is 362 Å². The second-order valence-corrected chi connectivity index (χ2v) is 28.9. The van der Waals surface area contributed by atoms with Crippen LogP contribution in [0.3, 0.4) is 0 Å². The van der Waals surface area contributed by atoms with Crippen molar-refractivity contribution in [2.75, 3.05) is 39.6 Å². The molecule has 0 aliphatic rings. The van der Waals surface area contributed by atoms with Gasteiger partial charge in [-0.3, -0.25) is 37.3 Å². The smallest absolute Gasteiger partial charge is 0.462 e. The number of hydrogen-bond acceptors (Lipinski definition) is 15. The van der Waals surface area contributed by atoms with Crippen molar-refractivity contribution in [3.63, 3.8) is 0 Å². The first-order valence-electron chi connectivity index (χ1n) is 36.8. The third-order valence-electron chi connectivity index (χ3n) is 16.4. The molecule has 0 fully saturated rings. The molecule has 91 heavy (non-hydrogen) atoms. The van der Waals surface area contributed by atoms with Crippen LogP contribution in [0.2, 0.25) is 0 Å². The molecule has 17 nitrogen and oxygen atoms in total. The molecule has 0 aromatic carbocycles. The third-order valence-corrected chi connectivity index (χ3v) is 18.3. The fourth-order valence-corrected chi connectivity index (χ4v) is 12.0. The minimum absolute atomic E-state index is 0.101. The van der Waals surface area contributed by atoms with Crippen LogP contribution >= 0.6 is 15.6 Å². The van der Waals surface area contributed by atoms with E-state index in [4.69, 9.17) is 37.0 Å². The lowest BCUT2D eigenvalue weighted by Gasteiger charge is -2.21. The first-order chi connectivity index (χ1) is 43.9. The van der Waals surface area contributed by atoms with Gasteiger partial charge in [0.25, 0.3) is 0 Å². The summed E-state index contributed by atoms with van der Waals surface area (Å²) in [6.07, 6.45) is 52.5. The van der Waals surface area contributed by atoms with Crippen LogP contribution in [0, 0.1) is 11.8 Å². The molecule has 0 radical (unpaired) electrons. The molecule has 3 N–H and O–H groups in total. The number of hydrogen-bond donors (Lipinski definition) is 3. The highest BCUT2D eigenvalue weighted by Gasteiger charge is 2.30. The Kier molecular flexibility index (Phi) is 61.9. The van der Waals surface area contributed by atoms with E-state index in [0.717, 1.165) is 127 Å². The molecule has 0 aliphatic carbocycles. The molecule has 0 amide bonds. The van der Waals surface area contributed by atoms with E-state index in [0.29, 0.717) is 25.7 Å². The van der Waals surface area contributed by atoms with Crippen LogP contribution in [-0.2, 0) is 65.4 Å². The summed E-state index contributed by atoms with van der Waals surface area (Å²) in [6.45, 7) is 9.43. The summed E-state index contributed by atoms with van der Waals surface area (Å²) < 4.78 is 68.1. The van der Waals surface area contributed by atoms with Crippen molar-refractivity contribution in [3.05, 3.63) is 24.3 Å². The van der Waals surface area contributed by atoms with Gasteiger partial charge in [0.05, 0.1) is 26.4 Å². The van der Waals surface area contributed by atoms with Gasteiger partial charge in [0.2, 0.25) is 0 Å². The Hall–Kier alpha value is -2.46. The molecule has 3 unspecified atom stereocenters. The molecule has 0 spiro atoms. The van der Waals surface area contributed by atoms with Crippen molar-refractivity contribution in [3.8, 4) is 0 Å². The summed E-state index contributed by atoms with van der Waals surface area (Å²) >= 11 is 0. The number of carbonyl (C=O) groups is 4. The van der Waals surface area contributed by atoms with E-state index in [-0.39, 0.29) is 25.7 Å². The largest absolute Gasteiger partial charge is 0.472 e. The van der Waals surface area contributed by atoms with Crippen molar-refractivity contribution >= 4 is 39.5 Å². The molecular weight excluding hydrogens is 1200 g/mol. The molecular formula is C72H136O17P2. The summed E-state index contributed by atoms with van der Waals surface area (Å²) in [6, 6.07) is 0. The zero-order valence-electron chi connectivity index (χ0n) is 58.6. The predicted octanol–water partition coefficient (Wildman–Crippen LogP) is 20.3. The van der Waals surface area contributed by atoms with E-state index >= 15 is 0 Å². The van der Waals surface area contributed by atoms with Crippen LogP contribution in [0.1, 0.15) is 343 Å². The number of aliphatic hydroxyl groups excluding tert-OH is 1. The quantitative estimate of drug-likeness (QED) is 0.0169. The van der Waals surface area contributed by atoms with E-state index in [1.807, 2.05) is 0 Å². The fraction of sp³-hybridized carbons (Fsp3) is 0.889. The molecule has 536 valence electrons. The lowest BCUT2D eigenvalue weighted by molar-refractivity contribution is -0.161. The molecule has 0 aliphatic heterocycles. The standard InChI is InChI=1S/C72H136O17P2/c1-7-10-12-14-15-16-17-18-21-25-28-31-37-43-49-55-70(75)83-61-68(89-71(76)56-50-44-38-32-29-26-23-20-19-22-24-27-30-35-41-46-52-64(4)5)63-87-91(80,81)85-59-66(73)58-84-90(78,79)86-62-67(60-82-69(74)54-48-40-13-11-8-2)88-72(77)57-51-45-39-34-33-36-42-47-53-65(6)9-3/h16-18,21,64-68,73H,7-15,19-20,22-63H2,1-6H3,(H,78,79)(H,80,81)/b17-16-,21-18-/t65?,66-,67+,68+/m0/s1. The molecule has 0 saturated carbocycles. The highest BCUT2D eigenvalue weighted by Crippen LogP contribution is 2.45. The van der Waals surface area contributed by atoms with Gasteiger partial charge in [0.15, 0.2) is 12.2 Å². The van der Waals surface area contributed by atoms with Crippen LogP contribution in [0.25, 0.3) is 0 Å². The Bertz CT molecular complexity index is 1860. The van der Waals surface area contributed by atoms with Crippen LogP contribution in [0.4, 0.5) is 0 Å². The Morgan fingerprint density at radius 3 is 0.989 bits per heavy atom. The van der Waals surface area contributed by atoms with Crippen molar-refractivity contribution in [1.82, 2.24) is 0 Å². The van der Waals surface area contributed by atoms with Gasteiger partial charge >= 0.3 is 39.5 Å². The average molecular weight is 1340 g/mol. The summed E-state index contributed by atoms with van der Waals surface area (Å²) in [5, 5.41) is 10.6. The van der Waals surface area contributed by atoms with Crippen molar-refractivity contribution in [1.29, 1.82) is 0 Å². The lowest BCUT2D eigenvalue weighted by atomic mass is 9.99. The molecule has 0 aromatic heterocycles. The van der Waals surface area contributed by atoms with Gasteiger partial charge in [-0.05, 0) is 63.2 Å². The van der Waals surface area contributed by atoms with E-state index in [9.17, 15) is 43.2 Å². The first kappa shape index (κ1) is 88.5. The molecule has 0 bridgehead atoms. The third kappa shape index (κ3) is 64.6. The topological polar surface area (TPSA) is 237 Å². The van der Waals surface area contributed by atoms with Gasteiger partial charge in [-0.2, -0.15) is 0 Å². The van der Waals surface area contributed by atoms with E-state index < -0.39 is 97.5 Å². The second kappa shape index (κ2) is 63.6. The van der Waals surface area contributed by atoms with E-state index in [1.165, 1.54) is 135 Å². The normalized spacial score (nSPS) is 14.6. The molecule has 0 rings (SSSR count). The summed E-state index contributed by atoms with van der Waals surface area (Å²) in [5.41, 5.74) is 0. The number of phosphoric ester groups is 2. The Balaban J connectivity index is 5.19. The molecule has 0 heterocycles. The summed E-state index contributed by atoms with van der Waals surface area (Å²) in [4.78, 5) is 72.3. The molecule has 0 saturated heterocycles. The van der Waals surface area contributed by atoms with E-state index in [1.54, 1.807) is 0 Å². The average Bonchev–Trinajstić information content (AvgIpc) is 3.56. The number of allylic oxidation sites excluding steroid dienone is 4. The highest BCUT2D eigenvalue weighted by atomic mass is 31.2. The number of phosphoric acid groups is 2. The van der Waals surface area contributed by atoms with E-state index in [2.05, 4.69) is 65.8 Å². The van der Waals surface area contributed by atoms with Crippen LogP contribution in [0.15, 0.2) is 24.3 Å². The molecule has 0 aromatic rings. The van der Waals surface area contributed by atoms with Crippen LogP contribution in [0.5, 0.6) is 0 Å². The fourth-order valence-electron chi connectivity index (χ4n) is 10.4. The maximum Gasteiger partial charge on any atom is 0.472 e. The number of ether oxygens (including phenoxy) is 4. The van der Waals surface area contributed by atoms with Gasteiger partial charge < -0.3 is 33.8 Å². The SMILES string of the molecule is CCCCCC/C=C\C=C/CCCCCCCC(=O)OC[C@H](COP(=O)(O)OC[C@@H](O)COP(=O)(O)OC[C@@H](COC(=O)CCCCCCC)OC(=O)CCCCCCCCCCC(C)CC)OC(=O)CCCCCCCCCCCCCCCCCCC(C)C. The van der Waals surface area contributed by atoms with Crippen LogP contribution < -0.4 is 0 Å². The Morgan fingerprint density at radius 1 is 0.363 bits per heavy atom. The molecule has 19 heteroatoms. The zero-order valence-corrected chi connectivity index (χ0v) is 60.4. The zero-order chi connectivity index (χ0) is 67.2. The van der Waals surface area contributed by atoms with Gasteiger partial charge in [-0.25, -0.2) is 9.13 Å². The van der Waals surface area contributed by atoms with Gasteiger partial charge in [0.1, 0.15) is 19.3 Å². The first-order valence-corrected chi connectivity index (χ1v) is 39.8. The molecule has 6 atom stereocenters. The lowest BCUT2D eigenvalue weighted by Crippen LogP contribution is -2.30. The number of carbonyl (C=O) groups excluding carboxylic acids is 4. The Labute approximate surface area is 554 Å². The van der Waals surface area contributed by atoms with Crippen molar-refractivity contribution in [2.24, 2.45) is 11.8 Å². The minimum Gasteiger partial charge on any atom is -0.462 e. The maximum atomic E-state index is 13.0. The monoisotopic (exact) mass is 1330 g/mol. The summed E-state index contributed by atoms with van der Waals surface area (Å²) in [5.74, 6) is -0.589.